The number of ether oxygens (including phenoxy) is 1. The number of benzene rings is 4. The van der Waals surface area contributed by atoms with Crippen LogP contribution in [0.3, 0.4) is 0 Å². The summed E-state index contributed by atoms with van der Waals surface area (Å²) in [7, 11) is 1.62. The van der Waals surface area contributed by atoms with E-state index >= 15 is 0 Å². The Balaban J connectivity index is 0.000000164. The highest BCUT2D eigenvalue weighted by molar-refractivity contribution is 5.60. The van der Waals surface area contributed by atoms with Gasteiger partial charge in [0.15, 0.2) is 0 Å². The molecule has 0 spiro atoms. The normalized spacial score (nSPS) is 15.8. The lowest BCUT2D eigenvalue weighted by molar-refractivity contribution is -0.138. The highest BCUT2D eigenvalue weighted by Crippen LogP contribution is 2.48. The molecule has 0 radical (unpaired) electrons. The molecular formula is C39H32F6N4O4. The second-order valence-corrected chi connectivity index (χ2v) is 13.1. The number of nitrogens with zero attached hydrogens (tertiary/aromatic N) is 4. The molecule has 53 heavy (non-hydrogen) atoms. The molecule has 1 N–H and O–H groups in total. The van der Waals surface area contributed by atoms with Gasteiger partial charge in [0.2, 0.25) is 23.6 Å². The summed E-state index contributed by atoms with van der Waals surface area (Å²) in [4.78, 5) is 0. The number of methoxy groups -OCH3 is 1. The third kappa shape index (κ3) is 8.03. The fraction of sp³-hybridized carbons (Fsp3) is 0.282. The molecule has 0 bridgehead atoms. The highest BCUT2D eigenvalue weighted by atomic mass is 19.4. The van der Waals surface area contributed by atoms with E-state index in [2.05, 4.69) is 20.4 Å². The Labute approximate surface area is 299 Å². The second-order valence-electron chi connectivity index (χ2n) is 13.1. The molecule has 8 nitrogen and oxygen atoms in total. The SMILES string of the molecule is COC1(c2nnc(-c3ccccc3Cc3ccc(C(F)(F)F)cc3)o2)CC1.OC1(c2nnc(-c3ccccc3Cc3ccc(C(F)(F)F)cc3)o2)CC1. The van der Waals surface area contributed by atoms with Crippen LogP contribution in [-0.4, -0.2) is 32.6 Å². The van der Waals surface area contributed by atoms with Gasteiger partial charge in [-0.25, -0.2) is 0 Å². The van der Waals surface area contributed by atoms with Crippen LogP contribution in [0.1, 0.15) is 70.8 Å². The Morgan fingerprint density at radius 3 is 1.40 bits per heavy atom. The molecule has 4 aromatic carbocycles. The molecule has 0 atom stereocenters. The van der Waals surface area contributed by atoms with Crippen molar-refractivity contribution >= 4 is 0 Å². The minimum Gasteiger partial charge on any atom is -0.418 e. The van der Waals surface area contributed by atoms with Gasteiger partial charge in [-0.15, -0.1) is 20.4 Å². The van der Waals surface area contributed by atoms with Crippen LogP contribution in [0.25, 0.3) is 22.9 Å². The van der Waals surface area contributed by atoms with Crippen molar-refractivity contribution in [2.24, 2.45) is 0 Å². The average molecular weight is 735 g/mol. The molecule has 2 saturated carbocycles. The molecule has 8 rings (SSSR count). The summed E-state index contributed by atoms with van der Waals surface area (Å²) in [5, 5.41) is 26.3. The Bertz CT molecular complexity index is 2190. The number of hydrogen-bond donors (Lipinski definition) is 1. The molecule has 2 heterocycles. The molecule has 274 valence electrons. The zero-order valence-corrected chi connectivity index (χ0v) is 28.2. The summed E-state index contributed by atoms with van der Waals surface area (Å²) < 4.78 is 93.2. The van der Waals surface area contributed by atoms with Crippen molar-refractivity contribution in [1.82, 2.24) is 20.4 Å². The maximum Gasteiger partial charge on any atom is 0.416 e. The van der Waals surface area contributed by atoms with Crippen molar-refractivity contribution in [2.75, 3.05) is 7.11 Å². The van der Waals surface area contributed by atoms with Crippen molar-refractivity contribution in [3.63, 3.8) is 0 Å². The summed E-state index contributed by atoms with van der Waals surface area (Å²) in [6.07, 6.45) is -4.91. The van der Waals surface area contributed by atoms with E-state index in [0.29, 0.717) is 48.9 Å². The number of aromatic nitrogens is 4. The molecule has 2 aliphatic carbocycles. The van der Waals surface area contributed by atoms with Gasteiger partial charge in [-0.1, -0.05) is 60.7 Å². The Hall–Kier alpha value is -5.34. The molecule has 0 aliphatic heterocycles. The molecule has 2 aliphatic rings. The molecule has 0 unspecified atom stereocenters. The fourth-order valence-electron chi connectivity index (χ4n) is 5.82. The van der Waals surface area contributed by atoms with Crippen molar-refractivity contribution in [3.05, 3.63) is 142 Å². The largest absolute Gasteiger partial charge is 0.418 e. The summed E-state index contributed by atoms with van der Waals surface area (Å²) in [5.41, 5.74) is 1.93. The Morgan fingerprint density at radius 2 is 1.00 bits per heavy atom. The van der Waals surface area contributed by atoms with E-state index in [9.17, 15) is 31.4 Å². The minimum absolute atomic E-state index is 0.205. The van der Waals surface area contributed by atoms with Gasteiger partial charge in [0.1, 0.15) is 11.2 Å². The topological polar surface area (TPSA) is 107 Å². The van der Waals surface area contributed by atoms with E-state index in [0.717, 1.165) is 64.9 Å². The van der Waals surface area contributed by atoms with Gasteiger partial charge in [0.05, 0.1) is 11.1 Å². The number of hydrogen-bond acceptors (Lipinski definition) is 8. The molecule has 2 aromatic heterocycles. The molecule has 0 amide bonds. The van der Waals surface area contributed by atoms with Gasteiger partial charge in [-0.2, -0.15) is 26.3 Å². The van der Waals surface area contributed by atoms with Gasteiger partial charge < -0.3 is 18.7 Å². The summed E-state index contributed by atoms with van der Waals surface area (Å²) in [6.45, 7) is 0. The molecule has 14 heteroatoms. The first kappa shape index (κ1) is 36.0. The maximum atomic E-state index is 12.7. The van der Waals surface area contributed by atoms with Crippen molar-refractivity contribution in [2.45, 2.75) is 62.1 Å². The standard InChI is InChI=1S/C20H17F3N2O2.C19H15F3N2O2/c1-26-19(10-11-19)18-25-24-17(27-18)16-5-3-2-4-14(16)12-13-6-8-15(9-7-13)20(21,22)23;20-19(21,22)14-7-5-12(6-8-14)11-13-3-1-2-4-15(13)16-23-24-17(26-16)18(25)9-10-18/h2-9H,10-12H2,1H3;1-8,25H,9-11H2. The van der Waals surface area contributed by atoms with E-state index in [1.165, 1.54) is 24.3 Å². The third-order valence-electron chi connectivity index (χ3n) is 9.30. The van der Waals surface area contributed by atoms with Gasteiger partial charge in [-0.05, 0) is 97.2 Å². The van der Waals surface area contributed by atoms with E-state index in [-0.39, 0.29) is 5.89 Å². The number of halogens is 6. The number of aliphatic hydroxyl groups is 1. The van der Waals surface area contributed by atoms with Crippen LogP contribution in [0.5, 0.6) is 0 Å². The number of alkyl halides is 6. The third-order valence-corrected chi connectivity index (χ3v) is 9.30. The molecule has 2 fully saturated rings. The maximum absolute atomic E-state index is 12.7. The van der Waals surface area contributed by atoms with Crippen LogP contribution in [-0.2, 0) is 41.1 Å². The van der Waals surface area contributed by atoms with Crippen LogP contribution in [0.4, 0.5) is 26.3 Å². The summed E-state index contributed by atoms with van der Waals surface area (Å²) in [5.74, 6) is 1.35. The Morgan fingerprint density at radius 1 is 0.585 bits per heavy atom. The lowest BCUT2D eigenvalue weighted by Gasteiger charge is -2.10. The zero-order chi connectivity index (χ0) is 37.4. The van der Waals surface area contributed by atoms with Crippen molar-refractivity contribution in [1.29, 1.82) is 0 Å². The second kappa shape index (κ2) is 13.9. The van der Waals surface area contributed by atoms with Crippen LogP contribution in [0.15, 0.2) is 106 Å². The fourth-order valence-corrected chi connectivity index (χ4v) is 5.82. The van der Waals surface area contributed by atoms with Crippen LogP contribution < -0.4 is 0 Å². The quantitative estimate of drug-likeness (QED) is 0.147. The van der Waals surface area contributed by atoms with Gasteiger partial charge in [-0.3, -0.25) is 0 Å². The predicted octanol–water partition coefficient (Wildman–Crippen LogP) is 9.31. The van der Waals surface area contributed by atoms with Crippen molar-refractivity contribution in [3.8, 4) is 22.9 Å². The van der Waals surface area contributed by atoms with Gasteiger partial charge >= 0.3 is 12.4 Å². The first-order chi connectivity index (χ1) is 25.3. The summed E-state index contributed by atoms with van der Waals surface area (Å²) in [6, 6.07) is 25.1. The van der Waals surface area contributed by atoms with Crippen LogP contribution in [0, 0.1) is 0 Å². The predicted molar refractivity (Wildman–Crippen MR) is 179 cm³/mol. The van der Waals surface area contributed by atoms with E-state index in [4.69, 9.17) is 13.6 Å². The summed E-state index contributed by atoms with van der Waals surface area (Å²) >= 11 is 0. The first-order valence-electron chi connectivity index (χ1n) is 16.7. The minimum atomic E-state index is -4.35. The monoisotopic (exact) mass is 734 g/mol. The lowest BCUT2D eigenvalue weighted by atomic mass is 9.99. The van der Waals surface area contributed by atoms with Gasteiger partial charge in [0, 0.05) is 18.2 Å². The average Bonchev–Trinajstić information content (AvgIpc) is 3.96. The van der Waals surface area contributed by atoms with Crippen molar-refractivity contribution < 1.29 is 45.0 Å². The van der Waals surface area contributed by atoms with Crippen LogP contribution in [0.2, 0.25) is 0 Å². The lowest BCUT2D eigenvalue weighted by Crippen LogP contribution is -2.08. The molecular weight excluding hydrogens is 702 g/mol. The first-order valence-corrected chi connectivity index (χ1v) is 16.7. The van der Waals surface area contributed by atoms with E-state index in [1.54, 1.807) is 7.11 Å². The highest BCUT2D eigenvalue weighted by Gasteiger charge is 2.50. The molecule has 6 aromatic rings. The molecule has 0 saturated heterocycles. The van der Waals surface area contributed by atoms with E-state index < -0.39 is 34.7 Å². The zero-order valence-electron chi connectivity index (χ0n) is 28.2. The van der Waals surface area contributed by atoms with Gasteiger partial charge in [0.25, 0.3) is 0 Å². The van der Waals surface area contributed by atoms with E-state index in [1.807, 2.05) is 48.5 Å². The van der Waals surface area contributed by atoms with Crippen LogP contribution >= 0.6 is 0 Å². The smallest absolute Gasteiger partial charge is 0.416 e. The Kier molecular flexibility index (Phi) is 9.45. The number of rotatable bonds is 9.